The molecule has 2 heterocycles. The van der Waals surface area contributed by atoms with Crippen LogP contribution in [0, 0.1) is 0 Å². The Morgan fingerprint density at radius 1 is 1.23 bits per heavy atom. The van der Waals surface area contributed by atoms with Crippen molar-refractivity contribution >= 4 is 18.3 Å². The molecule has 0 aromatic heterocycles. The van der Waals surface area contributed by atoms with E-state index in [1.165, 1.54) is 0 Å². The number of nitrogens with one attached hydrogen (secondary N) is 1. The minimum absolute atomic E-state index is 0. The van der Waals surface area contributed by atoms with E-state index in [0.717, 1.165) is 24.2 Å². The minimum atomic E-state index is -0.805. The highest BCUT2D eigenvalue weighted by Crippen LogP contribution is 2.32. The number of para-hydroxylation sites is 1. The average Bonchev–Trinajstić information content (AvgIpc) is 2.71. The molecule has 0 aliphatic carbocycles. The summed E-state index contributed by atoms with van der Waals surface area (Å²) >= 11 is 0. The third-order valence-corrected chi connectivity index (χ3v) is 4.33. The average molecular weight is 327 g/mol. The summed E-state index contributed by atoms with van der Waals surface area (Å²) < 4.78 is 11.0. The third kappa shape index (κ3) is 3.54. The van der Waals surface area contributed by atoms with Gasteiger partial charge in [-0.3, -0.25) is 4.79 Å². The van der Waals surface area contributed by atoms with E-state index in [9.17, 15) is 4.79 Å². The Balaban J connectivity index is 0.00000176. The van der Waals surface area contributed by atoms with Gasteiger partial charge in [0, 0.05) is 18.8 Å². The van der Waals surface area contributed by atoms with E-state index < -0.39 is 5.54 Å². The number of nitrogens with two attached hydrogens (primary N) is 1. The number of carbonyl (C=O) groups excluding carboxylic acids is 1. The second-order valence-corrected chi connectivity index (χ2v) is 5.82. The standard InChI is InChI=1S/C16H22N2O3.ClH/c17-16(7-10-20-11-8-16)15(19)18-13-5-3-9-21-14-6-2-1-4-12(13)14;/h1-2,4,6,13H,3,5,7-11,17H2,(H,18,19);1H. The summed E-state index contributed by atoms with van der Waals surface area (Å²) in [6.45, 7) is 1.79. The van der Waals surface area contributed by atoms with E-state index in [-0.39, 0.29) is 24.4 Å². The molecule has 0 radical (unpaired) electrons. The van der Waals surface area contributed by atoms with Crippen molar-refractivity contribution in [2.45, 2.75) is 37.3 Å². The summed E-state index contributed by atoms with van der Waals surface area (Å²) in [5.74, 6) is 0.783. The smallest absolute Gasteiger partial charge is 0.240 e. The van der Waals surface area contributed by atoms with Gasteiger partial charge in [-0.25, -0.2) is 0 Å². The maximum Gasteiger partial charge on any atom is 0.240 e. The summed E-state index contributed by atoms with van der Waals surface area (Å²) in [5.41, 5.74) is 6.49. The number of amides is 1. The molecule has 1 amide bonds. The molecule has 3 rings (SSSR count). The molecule has 1 saturated heterocycles. The number of carbonyl (C=O) groups is 1. The molecule has 2 aliphatic rings. The maximum atomic E-state index is 12.6. The molecule has 0 saturated carbocycles. The largest absolute Gasteiger partial charge is 0.493 e. The van der Waals surface area contributed by atoms with Gasteiger partial charge in [0.05, 0.1) is 18.2 Å². The first-order chi connectivity index (χ1) is 10.2. The van der Waals surface area contributed by atoms with Crippen LogP contribution in [0.2, 0.25) is 0 Å². The van der Waals surface area contributed by atoms with Gasteiger partial charge in [0.1, 0.15) is 5.75 Å². The molecule has 122 valence electrons. The Labute approximate surface area is 137 Å². The van der Waals surface area contributed by atoms with Crippen molar-refractivity contribution in [3.63, 3.8) is 0 Å². The number of fused-ring (bicyclic) bond motifs is 1. The molecule has 0 spiro atoms. The Hall–Kier alpha value is -1.30. The third-order valence-electron chi connectivity index (χ3n) is 4.33. The summed E-state index contributed by atoms with van der Waals surface area (Å²) in [4.78, 5) is 12.6. The molecule has 1 atom stereocenters. The van der Waals surface area contributed by atoms with Gasteiger partial charge in [-0.2, -0.15) is 0 Å². The zero-order valence-corrected chi connectivity index (χ0v) is 13.4. The lowest BCUT2D eigenvalue weighted by Gasteiger charge is -2.33. The van der Waals surface area contributed by atoms with Crippen molar-refractivity contribution in [1.29, 1.82) is 0 Å². The van der Waals surface area contributed by atoms with Crippen LogP contribution < -0.4 is 15.8 Å². The molecule has 1 aromatic rings. The first kappa shape index (κ1) is 17.1. The fraction of sp³-hybridized carbons (Fsp3) is 0.562. The van der Waals surface area contributed by atoms with Crippen LogP contribution in [0.1, 0.15) is 37.3 Å². The monoisotopic (exact) mass is 326 g/mol. The fourth-order valence-corrected chi connectivity index (χ4v) is 2.94. The molecule has 1 fully saturated rings. The van der Waals surface area contributed by atoms with E-state index in [2.05, 4.69) is 5.32 Å². The SMILES string of the molecule is Cl.NC1(C(=O)NC2CCCOc3ccccc32)CCOCC1. The van der Waals surface area contributed by atoms with Gasteiger partial charge >= 0.3 is 0 Å². The first-order valence-electron chi connectivity index (χ1n) is 7.58. The van der Waals surface area contributed by atoms with Crippen LogP contribution in [-0.4, -0.2) is 31.3 Å². The lowest BCUT2D eigenvalue weighted by molar-refractivity contribution is -0.130. The van der Waals surface area contributed by atoms with Crippen LogP contribution in [-0.2, 0) is 9.53 Å². The van der Waals surface area contributed by atoms with Crippen molar-refractivity contribution in [3.05, 3.63) is 29.8 Å². The predicted molar refractivity (Wildman–Crippen MR) is 86.3 cm³/mol. The second kappa shape index (κ2) is 7.31. The lowest BCUT2D eigenvalue weighted by Crippen LogP contribution is -2.57. The van der Waals surface area contributed by atoms with Gasteiger partial charge in [0.25, 0.3) is 0 Å². The van der Waals surface area contributed by atoms with Crippen LogP contribution in [0.4, 0.5) is 0 Å². The Morgan fingerprint density at radius 2 is 1.95 bits per heavy atom. The summed E-state index contributed by atoms with van der Waals surface area (Å²) in [5, 5.41) is 3.13. The summed E-state index contributed by atoms with van der Waals surface area (Å²) in [6.07, 6.45) is 2.93. The predicted octanol–water partition coefficient (Wildman–Crippen LogP) is 1.95. The zero-order valence-electron chi connectivity index (χ0n) is 12.5. The normalized spacial score (nSPS) is 23.2. The molecule has 5 nitrogen and oxygen atoms in total. The summed E-state index contributed by atoms with van der Waals surface area (Å²) in [6, 6.07) is 7.86. The topological polar surface area (TPSA) is 73.6 Å². The molecule has 1 aromatic carbocycles. The van der Waals surface area contributed by atoms with E-state index in [0.29, 0.717) is 32.7 Å². The van der Waals surface area contributed by atoms with E-state index in [1.54, 1.807) is 0 Å². The highest BCUT2D eigenvalue weighted by Gasteiger charge is 2.37. The van der Waals surface area contributed by atoms with Gasteiger partial charge in [0.15, 0.2) is 0 Å². The van der Waals surface area contributed by atoms with Crippen molar-refractivity contribution in [1.82, 2.24) is 5.32 Å². The van der Waals surface area contributed by atoms with Gasteiger partial charge in [0.2, 0.25) is 5.91 Å². The number of rotatable bonds is 2. The number of benzene rings is 1. The van der Waals surface area contributed by atoms with Crippen LogP contribution in [0.15, 0.2) is 24.3 Å². The highest BCUT2D eigenvalue weighted by molar-refractivity contribution is 5.86. The van der Waals surface area contributed by atoms with Crippen molar-refractivity contribution in [2.24, 2.45) is 5.73 Å². The summed E-state index contributed by atoms with van der Waals surface area (Å²) in [7, 11) is 0. The van der Waals surface area contributed by atoms with Crippen LogP contribution in [0.3, 0.4) is 0 Å². The van der Waals surface area contributed by atoms with E-state index in [4.69, 9.17) is 15.2 Å². The second-order valence-electron chi connectivity index (χ2n) is 5.82. The van der Waals surface area contributed by atoms with E-state index in [1.807, 2.05) is 24.3 Å². The number of hydrogen-bond acceptors (Lipinski definition) is 4. The molecular formula is C16H23ClN2O3. The fourth-order valence-electron chi connectivity index (χ4n) is 2.94. The Kier molecular flexibility index (Phi) is 5.67. The molecule has 2 aliphatic heterocycles. The Bertz CT molecular complexity index is 518. The van der Waals surface area contributed by atoms with Crippen molar-refractivity contribution in [2.75, 3.05) is 19.8 Å². The van der Waals surface area contributed by atoms with Gasteiger partial charge in [-0.05, 0) is 31.7 Å². The van der Waals surface area contributed by atoms with E-state index >= 15 is 0 Å². The molecule has 22 heavy (non-hydrogen) atoms. The highest BCUT2D eigenvalue weighted by atomic mass is 35.5. The van der Waals surface area contributed by atoms with Gasteiger partial charge < -0.3 is 20.5 Å². The van der Waals surface area contributed by atoms with Crippen molar-refractivity contribution in [3.8, 4) is 5.75 Å². The minimum Gasteiger partial charge on any atom is -0.493 e. The number of halogens is 1. The quantitative estimate of drug-likeness (QED) is 0.871. The molecular weight excluding hydrogens is 304 g/mol. The van der Waals surface area contributed by atoms with Crippen molar-refractivity contribution < 1.29 is 14.3 Å². The van der Waals surface area contributed by atoms with Gasteiger partial charge in [-0.1, -0.05) is 18.2 Å². The lowest BCUT2D eigenvalue weighted by atomic mass is 9.89. The number of ether oxygens (including phenoxy) is 2. The molecule has 3 N–H and O–H groups in total. The van der Waals surface area contributed by atoms with Gasteiger partial charge in [-0.15, -0.1) is 12.4 Å². The van der Waals surface area contributed by atoms with Crippen LogP contribution in [0.5, 0.6) is 5.75 Å². The molecule has 1 unspecified atom stereocenters. The molecule has 0 bridgehead atoms. The van der Waals surface area contributed by atoms with Crippen LogP contribution in [0.25, 0.3) is 0 Å². The zero-order chi connectivity index (χ0) is 14.7. The number of hydrogen-bond donors (Lipinski definition) is 2. The van der Waals surface area contributed by atoms with Crippen LogP contribution >= 0.6 is 12.4 Å². The maximum absolute atomic E-state index is 12.6. The Morgan fingerprint density at radius 3 is 2.73 bits per heavy atom. The first-order valence-corrected chi connectivity index (χ1v) is 7.58. The molecule has 6 heteroatoms.